The Balaban J connectivity index is 1.52. The third-order valence-electron chi connectivity index (χ3n) is 5.31. The number of carbonyl (C=O) groups excluding carboxylic acids is 2. The molecular weight excluding hydrogens is 348 g/mol. The fourth-order valence-electron chi connectivity index (χ4n) is 3.65. The van der Waals surface area contributed by atoms with Crippen molar-refractivity contribution in [2.45, 2.75) is 45.1 Å². The number of anilines is 1. The van der Waals surface area contributed by atoms with Crippen molar-refractivity contribution in [2.75, 3.05) is 31.5 Å². The lowest BCUT2D eigenvalue weighted by Gasteiger charge is -2.30. The molecule has 1 aliphatic heterocycles. The topological polar surface area (TPSA) is 98.9 Å². The van der Waals surface area contributed by atoms with Crippen LogP contribution in [0.4, 0.5) is 10.6 Å². The first-order chi connectivity index (χ1) is 12.9. The highest BCUT2D eigenvalue weighted by atomic mass is 16.5. The Kier molecular flexibility index (Phi) is 6.15. The molecule has 1 saturated heterocycles. The zero-order valence-electron chi connectivity index (χ0n) is 15.8. The maximum atomic E-state index is 12.7. The minimum atomic E-state index is -0.265. The van der Waals surface area contributed by atoms with E-state index in [1.54, 1.807) is 17.9 Å². The number of aliphatic hydroxyl groups is 1. The number of carbonyl (C=O) groups is 2. The molecule has 2 fully saturated rings. The van der Waals surface area contributed by atoms with E-state index in [1.165, 1.54) is 0 Å². The van der Waals surface area contributed by atoms with Gasteiger partial charge in [-0.2, -0.15) is 0 Å². The smallest absolute Gasteiger partial charge is 0.323 e. The largest absolute Gasteiger partial charge is 0.393 e. The van der Waals surface area contributed by atoms with Crippen molar-refractivity contribution >= 4 is 23.3 Å². The van der Waals surface area contributed by atoms with Crippen LogP contribution < -0.4 is 5.32 Å². The van der Waals surface area contributed by atoms with Crippen LogP contribution in [0.15, 0.2) is 17.2 Å². The lowest BCUT2D eigenvalue weighted by molar-refractivity contribution is -0.137. The summed E-state index contributed by atoms with van der Waals surface area (Å²) in [6.45, 7) is 7.84. The molecule has 0 bridgehead atoms. The molecule has 27 heavy (non-hydrogen) atoms. The molecule has 0 atom stereocenters. The molecule has 1 aromatic rings. The number of amides is 3. The zero-order valence-corrected chi connectivity index (χ0v) is 15.8. The fourth-order valence-corrected chi connectivity index (χ4v) is 3.65. The van der Waals surface area contributed by atoms with Gasteiger partial charge in [-0.05, 0) is 44.6 Å². The highest BCUT2D eigenvalue weighted by Crippen LogP contribution is 2.26. The standard InChI is InChI=1S/C19H28N4O4/c1-13(2)16-12-17(21-27-16)20-19(26)23-9-3-8-22(10-11-23)18(25)14-4-6-15(24)7-5-14/h12,14-15,24H,1,3-11H2,2H3,(H,20,21,26). The molecule has 0 unspecified atom stereocenters. The predicted octanol–water partition coefficient (Wildman–Crippen LogP) is 2.33. The summed E-state index contributed by atoms with van der Waals surface area (Å²) in [6.07, 6.45) is 3.37. The molecule has 8 nitrogen and oxygen atoms in total. The van der Waals surface area contributed by atoms with Gasteiger partial charge in [-0.1, -0.05) is 11.7 Å². The Morgan fingerprint density at radius 1 is 1.19 bits per heavy atom. The maximum Gasteiger partial charge on any atom is 0.323 e. The van der Waals surface area contributed by atoms with Gasteiger partial charge in [0.05, 0.1) is 6.10 Å². The molecule has 148 valence electrons. The average Bonchev–Trinajstić information content (AvgIpc) is 2.97. The van der Waals surface area contributed by atoms with E-state index in [0.717, 1.165) is 24.8 Å². The van der Waals surface area contributed by atoms with E-state index in [1.807, 2.05) is 4.90 Å². The molecule has 1 aromatic heterocycles. The summed E-state index contributed by atoms with van der Waals surface area (Å²) in [5.74, 6) is 1.06. The summed E-state index contributed by atoms with van der Waals surface area (Å²) in [6, 6.07) is 1.40. The molecule has 3 amide bonds. The van der Waals surface area contributed by atoms with Gasteiger partial charge in [0.1, 0.15) is 0 Å². The first-order valence-electron chi connectivity index (χ1n) is 9.59. The van der Waals surface area contributed by atoms with Crippen molar-refractivity contribution in [3.63, 3.8) is 0 Å². The van der Waals surface area contributed by atoms with Crippen LogP contribution in [0.25, 0.3) is 5.57 Å². The Hall–Kier alpha value is -2.35. The van der Waals surface area contributed by atoms with Crippen LogP contribution in [0, 0.1) is 5.92 Å². The third-order valence-corrected chi connectivity index (χ3v) is 5.31. The van der Waals surface area contributed by atoms with Crippen LogP contribution in [0.2, 0.25) is 0 Å². The van der Waals surface area contributed by atoms with Crippen molar-refractivity contribution in [3.05, 3.63) is 18.4 Å². The minimum Gasteiger partial charge on any atom is -0.393 e. The highest BCUT2D eigenvalue weighted by molar-refractivity contribution is 5.88. The van der Waals surface area contributed by atoms with Crippen molar-refractivity contribution in [1.29, 1.82) is 0 Å². The lowest BCUT2D eigenvalue weighted by Crippen LogP contribution is -2.42. The number of aromatic nitrogens is 1. The van der Waals surface area contributed by atoms with Gasteiger partial charge in [0.25, 0.3) is 0 Å². The summed E-state index contributed by atoms with van der Waals surface area (Å²) in [5.41, 5.74) is 0.738. The molecule has 2 aliphatic rings. The van der Waals surface area contributed by atoms with E-state index in [4.69, 9.17) is 4.52 Å². The van der Waals surface area contributed by atoms with Crippen molar-refractivity contribution in [2.24, 2.45) is 5.92 Å². The summed E-state index contributed by atoms with van der Waals surface area (Å²) in [4.78, 5) is 28.8. The Bertz CT molecular complexity index is 694. The van der Waals surface area contributed by atoms with Gasteiger partial charge in [0, 0.05) is 38.2 Å². The van der Waals surface area contributed by atoms with E-state index in [0.29, 0.717) is 50.6 Å². The molecule has 0 spiro atoms. The van der Waals surface area contributed by atoms with Crippen molar-refractivity contribution in [1.82, 2.24) is 15.0 Å². The van der Waals surface area contributed by atoms with E-state index >= 15 is 0 Å². The summed E-state index contributed by atoms with van der Waals surface area (Å²) < 4.78 is 5.11. The number of rotatable bonds is 3. The van der Waals surface area contributed by atoms with E-state index in [2.05, 4.69) is 17.1 Å². The number of hydrogen-bond acceptors (Lipinski definition) is 5. The second-order valence-electron chi connectivity index (χ2n) is 7.46. The molecule has 1 saturated carbocycles. The zero-order chi connectivity index (χ0) is 19.4. The van der Waals surface area contributed by atoms with Crippen LogP contribution >= 0.6 is 0 Å². The van der Waals surface area contributed by atoms with E-state index < -0.39 is 0 Å². The molecular formula is C19H28N4O4. The molecule has 0 radical (unpaired) electrons. The number of allylic oxidation sites excluding steroid dienone is 1. The normalized spacial score (nSPS) is 23.6. The van der Waals surface area contributed by atoms with Gasteiger partial charge in [0.2, 0.25) is 5.91 Å². The predicted molar refractivity (Wildman–Crippen MR) is 101 cm³/mol. The number of hydrogen-bond donors (Lipinski definition) is 2. The maximum absolute atomic E-state index is 12.7. The van der Waals surface area contributed by atoms with Crippen LogP contribution in [-0.2, 0) is 4.79 Å². The van der Waals surface area contributed by atoms with Crippen LogP contribution in [0.3, 0.4) is 0 Å². The molecule has 2 heterocycles. The van der Waals surface area contributed by atoms with Crippen LogP contribution in [0.5, 0.6) is 0 Å². The summed E-state index contributed by atoms with van der Waals surface area (Å²) in [5, 5.41) is 16.2. The lowest BCUT2D eigenvalue weighted by atomic mass is 9.86. The molecule has 2 N–H and O–H groups in total. The van der Waals surface area contributed by atoms with Gasteiger partial charge in [-0.15, -0.1) is 0 Å². The van der Waals surface area contributed by atoms with E-state index in [-0.39, 0.29) is 24.0 Å². The SMILES string of the molecule is C=C(C)c1cc(NC(=O)N2CCCN(C(=O)C3CCC(O)CC3)CC2)no1. The summed E-state index contributed by atoms with van der Waals surface area (Å²) >= 11 is 0. The fraction of sp³-hybridized carbons (Fsp3) is 0.632. The quantitative estimate of drug-likeness (QED) is 0.843. The van der Waals surface area contributed by atoms with Gasteiger partial charge in [0.15, 0.2) is 11.6 Å². The average molecular weight is 376 g/mol. The van der Waals surface area contributed by atoms with Gasteiger partial charge < -0.3 is 19.4 Å². The van der Waals surface area contributed by atoms with Gasteiger partial charge in [-0.3, -0.25) is 10.1 Å². The number of nitrogens with zero attached hydrogens (tertiary/aromatic N) is 3. The second-order valence-corrected chi connectivity index (χ2v) is 7.46. The monoisotopic (exact) mass is 376 g/mol. The molecule has 1 aliphatic carbocycles. The number of nitrogens with one attached hydrogen (secondary N) is 1. The van der Waals surface area contributed by atoms with Crippen molar-refractivity contribution in [3.8, 4) is 0 Å². The number of urea groups is 1. The molecule has 0 aromatic carbocycles. The third kappa shape index (κ3) is 4.88. The molecule has 3 rings (SSSR count). The second kappa shape index (κ2) is 8.56. The summed E-state index contributed by atoms with van der Waals surface area (Å²) in [7, 11) is 0. The van der Waals surface area contributed by atoms with Gasteiger partial charge >= 0.3 is 6.03 Å². The van der Waals surface area contributed by atoms with Crippen LogP contribution in [0.1, 0.15) is 44.8 Å². The first kappa shape index (κ1) is 19.4. The Labute approximate surface area is 159 Å². The Morgan fingerprint density at radius 3 is 2.52 bits per heavy atom. The number of aliphatic hydroxyl groups excluding tert-OH is 1. The minimum absolute atomic E-state index is 0.00414. The first-order valence-corrected chi connectivity index (χ1v) is 9.59. The van der Waals surface area contributed by atoms with Crippen molar-refractivity contribution < 1.29 is 19.2 Å². The Morgan fingerprint density at radius 2 is 1.85 bits per heavy atom. The van der Waals surface area contributed by atoms with E-state index in [9.17, 15) is 14.7 Å². The van der Waals surface area contributed by atoms with Gasteiger partial charge in [-0.25, -0.2) is 4.79 Å². The highest BCUT2D eigenvalue weighted by Gasteiger charge is 2.30. The van der Waals surface area contributed by atoms with Crippen LogP contribution in [-0.4, -0.2) is 64.3 Å². The molecule has 8 heteroatoms.